The van der Waals surface area contributed by atoms with Crippen LogP contribution in [-0.4, -0.2) is 50.5 Å². The Kier molecular flexibility index (Phi) is 6.03. The molecule has 1 aromatic carbocycles. The standard InChI is InChI=1S/C12H10BF7O5S/c13-4-6-2-1-3-7(14)8(6)9(21)25-10(11(15,16)17,12(18,19)20)5-26(22,23)24/h1-3H,4-5,13H2,(H,22,23,24). The van der Waals surface area contributed by atoms with Crippen molar-refractivity contribution in [1.82, 2.24) is 0 Å². The molecule has 0 heterocycles. The smallest absolute Gasteiger partial charge is 0.434 e. The van der Waals surface area contributed by atoms with Crippen LogP contribution < -0.4 is 0 Å². The highest BCUT2D eigenvalue weighted by atomic mass is 32.2. The molecule has 0 spiro atoms. The number of carbonyl (C=O) groups excluding carboxylic acids is 1. The van der Waals surface area contributed by atoms with Crippen LogP contribution >= 0.6 is 0 Å². The molecule has 0 aliphatic carbocycles. The molecule has 0 aliphatic rings. The summed E-state index contributed by atoms with van der Waals surface area (Å²) >= 11 is 0. The minimum absolute atomic E-state index is 0.147. The van der Waals surface area contributed by atoms with Crippen LogP contribution in [0.25, 0.3) is 0 Å². The second-order valence-electron chi connectivity index (χ2n) is 5.07. The van der Waals surface area contributed by atoms with E-state index in [-0.39, 0.29) is 11.9 Å². The van der Waals surface area contributed by atoms with Crippen molar-refractivity contribution < 1.29 is 53.2 Å². The maximum atomic E-state index is 13.8. The van der Waals surface area contributed by atoms with Gasteiger partial charge in [-0.15, -0.1) is 0 Å². The number of hydrogen-bond donors (Lipinski definition) is 1. The molecule has 0 aliphatic heterocycles. The topological polar surface area (TPSA) is 80.7 Å². The molecule has 146 valence electrons. The SMILES string of the molecule is BCc1cccc(F)c1C(=O)OC(CS(=O)(=O)O)(C(F)(F)F)C(F)(F)F. The van der Waals surface area contributed by atoms with Gasteiger partial charge in [-0.25, -0.2) is 9.18 Å². The lowest BCUT2D eigenvalue weighted by atomic mass is 9.92. The van der Waals surface area contributed by atoms with E-state index in [2.05, 4.69) is 4.74 Å². The molecule has 1 N–H and O–H groups in total. The maximum absolute atomic E-state index is 13.8. The number of alkyl halides is 6. The number of rotatable bonds is 5. The van der Waals surface area contributed by atoms with Crippen LogP contribution in [0.3, 0.4) is 0 Å². The van der Waals surface area contributed by atoms with Gasteiger partial charge in [0, 0.05) is 0 Å². The van der Waals surface area contributed by atoms with Crippen molar-refractivity contribution in [3.63, 3.8) is 0 Å². The summed E-state index contributed by atoms with van der Waals surface area (Å²) in [7, 11) is -4.57. The van der Waals surface area contributed by atoms with E-state index in [1.54, 1.807) is 0 Å². The quantitative estimate of drug-likeness (QED) is 0.347. The molecule has 1 aromatic rings. The Hall–Kier alpha value is -1.83. The van der Waals surface area contributed by atoms with E-state index in [0.29, 0.717) is 6.07 Å². The Labute approximate surface area is 143 Å². The largest absolute Gasteiger partial charge is 0.438 e. The molecule has 0 saturated heterocycles. The van der Waals surface area contributed by atoms with Gasteiger partial charge in [0.15, 0.2) is 0 Å². The summed E-state index contributed by atoms with van der Waals surface area (Å²) in [5.41, 5.74) is -7.05. The van der Waals surface area contributed by atoms with Crippen molar-refractivity contribution in [2.24, 2.45) is 0 Å². The second kappa shape index (κ2) is 7.06. The fraction of sp³-hybridized carbons (Fsp3) is 0.417. The van der Waals surface area contributed by atoms with Gasteiger partial charge in [0.1, 0.15) is 19.4 Å². The first kappa shape index (κ1) is 22.2. The highest BCUT2D eigenvalue weighted by molar-refractivity contribution is 7.85. The maximum Gasteiger partial charge on any atom is 0.438 e. The average Bonchev–Trinajstić information content (AvgIpc) is 2.42. The molecule has 0 fully saturated rings. The van der Waals surface area contributed by atoms with Gasteiger partial charge in [-0.05, 0) is 11.6 Å². The van der Waals surface area contributed by atoms with Gasteiger partial charge in [-0.2, -0.15) is 34.8 Å². The molecule has 0 saturated carbocycles. The molecule has 14 heteroatoms. The van der Waals surface area contributed by atoms with Gasteiger partial charge in [-0.3, -0.25) is 4.55 Å². The number of carbonyl (C=O) groups is 1. The number of hydrogen-bond acceptors (Lipinski definition) is 4. The second-order valence-corrected chi connectivity index (χ2v) is 6.52. The summed E-state index contributed by atoms with van der Waals surface area (Å²) in [4.78, 5) is 11.9. The van der Waals surface area contributed by atoms with Gasteiger partial charge >= 0.3 is 23.9 Å². The van der Waals surface area contributed by atoms with E-state index < -0.39 is 51.2 Å². The monoisotopic (exact) mass is 410 g/mol. The molecule has 0 aromatic heterocycles. The van der Waals surface area contributed by atoms with Crippen LogP contribution in [0.5, 0.6) is 0 Å². The van der Waals surface area contributed by atoms with Crippen molar-refractivity contribution >= 4 is 23.9 Å². The predicted octanol–water partition coefficient (Wildman–Crippen LogP) is 1.87. The third-order valence-corrected chi connectivity index (χ3v) is 4.02. The molecular formula is C12H10BF7O5S. The third kappa shape index (κ3) is 4.47. The fourth-order valence-corrected chi connectivity index (χ4v) is 2.93. The van der Waals surface area contributed by atoms with E-state index in [1.165, 1.54) is 7.85 Å². The summed E-state index contributed by atoms with van der Waals surface area (Å²) < 4.78 is 126. The normalized spacial score (nSPS) is 13.5. The molecule has 5 nitrogen and oxygen atoms in total. The lowest BCUT2D eigenvalue weighted by Crippen LogP contribution is -2.63. The minimum atomic E-state index is -6.48. The molecule has 1 rings (SSSR count). The zero-order chi connectivity index (χ0) is 20.6. The fourth-order valence-electron chi connectivity index (χ4n) is 2.03. The Morgan fingerprint density at radius 3 is 2.00 bits per heavy atom. The van der Waals surface area contributed by atoms with Crippen molar-refractivity contribution in [3.05, 3.63) is 35.1 Å². The van der Waals surface area contributed by atoms with Gasteiger partial charge in [0.25, 0.3) is 10.1 Å². The molecule has 0 amide bonds. The summed E-state index contributed by atoms with van der Waals surface area (Å²) in [6.07, 6.45) is -13.1. The zero-order valence-corrected chi connectivity index (χ0v) is 13.6. The molecule has 26 heavy (non-hydrogen) atoms. The Morgan fingerprint density at radius 1 is 1.12 bits per heavy atom. The molecule has 0 radical (unpaired) electrons. The number of esters is 1. The van der Waals surface area contributed by atoms with Crippen LogP contribution in [0.4, 0.5) is 30.7 Å². The molecule has 0 atom stereocenters. The van der Waals surface area contributed by atoms with Crippen LogP contribution in [0.15, 0.2) is 18.2 Å². The van der Waals surface area contributed by atoms with E-state index in [0.717, 1.165) is 12.1 Å². The van der Waals surface area contributed by atoms with Crippen molar-refractivity contribution in [2.75, 3.05) is 5.75 Å². The van der Waals surface area contributed by atoms with Crippen LogP contribution in [-0.2, 0) is 21.2 Å². The average molecular weight is 410 g/mol. The summed E-state index contributed by atoms with van der Waals surface area (Å²) in [6.45, 7) is 0. The van der Waals surface area contributed by atoms with Gasteiger partial charge < -0.3 is 4.74 Å². The van der Waals surface area contributed by atoms with Gasteiger partial charge in [-0.1, -0.05) is 18.5 Å². The zero-order valence-electron chi connectivity index (χ0n) is 12.8. The minimum Gasteiger partial charge on any atom is -0.434 e. The molecule has 0 unspecified atom stereocenters. The Balaban J connectivity index is 3.59. The van der Waals surface area contributed by atoms with Crippen LogP contribution in [0.2, 0.25) is 0 Å². The highest BCUT2D eigenvalue weighted by Gasteiger charge is 2.76. The predicted molar refractivity (Wildman–Crippen MR) is 75.3 cm³/mol. The van der Waals surface area contributed by atoms with Crippen LogP contribution in [0, 0.1) is 5.82 Å². The van der Waals surface area contributed by atoms with E-state index >= 15 is 0 Å². The van der Waals surface area contributed by atoms with Crippen molar-refractivity contribution in [1.29, 1.82) is 0 Å². The van der Waals surface area contributed by atoms with Crippen molar-refractivity contribution in [2.45, 2.75) is 24.3 Å². The number of ether oxygens (including phenoxy) is 1. The summed E-state index contributed by atoms with van der Waals surface area (Å²) in [5, 5.41) is 0. The number of benzene rings is 1. The lowest BCUT2D eigenvalue weighted by molar-refractivity contribution is -0.356. The highest BCUT2D eigenvalue weighted by Crippen LogP contribution is 2.47. The number of halogens is 7. The van der Waals surface area contributed by atoms with E-state index in [1.807, 2.05) is 0 Å². The van der Waals surface area contributed by atoms with Crippen molar-refractivity contribution in [3.8, 4) is 0 Å². The molecule has 0 bridgehead atoms. The summed E-state index contributed by atoms with van der Waals surface area (Å²) in [5.74, 6) is -6.87. The third-order valence-electron chi connectivity index (χ3n) is 3.25. The first-order chi connectivity index (χ1) is 11.6. The first-order valence-electron chi connectivity index (χ1n) is 6.65. The van der Waals surface area contributed by atoms with Crippen LogP contribution in [0.1, 0.15) is 15.9 Å². The Bertz CT molecular complexity index is 774. The van der Waals surface area contributed by atoms with Gasteiger partial charge in [0.2, 0.25) is 0 Å². The lowest BCUT2D eigenvalue weighted by Gasteiger charge is -2.35. The Morgan fingerprint density at radius 2 is 1.62 bits per heavy atom. The van der Waals surface area contributed by atoms with E-state index in [4.69, 9.17) is 4.55 Å². The van der Waals surface area contributed by atoms with Gasteiger partial charge in [0.05, 0.1) is 5.56 Å². The molecular weight excluding hydrogens is 400 g/mol. The van der Waals surface area contributed by atoms with E-state index in [9.17, 15) is 43.9 Å². The summed E-state index contributed by atoms with van der Waals surface area (Å²) in [6, 6.07) is 2.72. The first-order valence-corrected chi connectivity index (χ1v) is 8.26.